The van der Waals surface area contributed by atoms with Crippen LogP contribution >= 0.6 is 0 Å². The lowest BCUT2D eigenvalue weighted by atomic mass is 10.1. The third-order valence-electron chi connectivity index (χ3n) is 5.58. The molecule has 1 aliphatic heterocycles. The Kier molecular flexibility index (Phi) is 8.36. The monoisotopic (exact) mass is 528 g/mol. The molecule has 1 heterocycles. The molecule has 196 valence electrons. The third kappa shape index (κ3) is 6.83. The van der Waals surface area contributed by atoms with E-state index in [1.54, 1.807) is 26.4 Å². The Labute approximate surface area is 215 Å². The molecular weight excluding hydrogens is 500 g/mol. The second-order valence-corrected chi connectivity index (χ2v) is 9.83. The molecule has 0 aliphatic carbocycles. The molecule has 0 spiro atoms. The van der Waals surface area contributed by atoms with Crippen LogP contribution < -0.4 is 33.7 Å². The Balaban J connectivity index is 1.22. The minimum atomic E-state index is -3.71. The summed E-state index contributed by atoms with van der Waals surface area (Å²) in [5.74, 6) is 2.58. The van der Waals surface area contributed by atoms with Crippen molar-refractivity contribution in [3.63, 3.8) is 0 Å². The van der Waals surface area contributed by atoms with Crippen LogP contribution in [0.15, 0.2) is 65.6 Å². The maximum atomic E-state index is 12.6. The number of rotatable bonds is 12. The highest BCUT2D eigenvalue weighted by molar-refractivity contribution is 7.89. The third-order valence-corrected chi connectivity index (χ3v) is 7.06. The highest BCUT2D eigenvalue weighted by Crippen LogP contribution is 2.32. The van der Waals surface area contributed by atoms with E-state index in [1.807, 2.05) is 24.3 Å². The molecule has 0 aromatic heterocycles. The van der Waals surface area contributed by atoms with E-state index in [2.05, 4.69) is 10.0 Å². The van der Waals surface area contributed by atoms with Crippen molar-refractivity contribution in [2.75, 3.05) is 34.2 Å². The van der Waals surface area contributed by atoms with E-state index in [-0.39, 0.29) is 30.7 Å². The van der Waals surface area contributed by atoms with Crippen molar-refractivity contribution < 1.29 is 36.9 Å². The normalized spacial score (nSPS) is 12.2. The lowest BCUT2D eigenvalue weighted by Crippen LogP contribution is -2.28. The van der Waals surface area contributed by atoms with Gasteiger partial charge in [0.1, 0.15) is 5.75 Å². The molecule has 0 bridgehead atoms. The number of hydrogen-bond donors (Lipinski definition) is 2. The van der Waals surface area contributed by atoms with E-state index in [0.717, 1.165) is 11.1 Å². The van der Waals surface area contributed by atoms with E-state index in [4.69, 9.17) is 23.7 Å². The van der Waals surface area contributed by atoms with Crippen LogP contribution in [-0.4, -0.2) is 48.5 Å². The molecule has 0 saturated heterocycles. The van der Waals surface area contributed by atoms with E-state index in [1.165, 1.54) is 24.3 Å². The van der Waals surface area contributed by atoms with Crippen molar-refractivity contribution in [2.45, 2.75) is 17.9 Å². The van der Waals surface area contributed by atoms with Gasteiger partial charge in [-0.15, -0.1) is 0 Å². The van der Waals surface area contributed by atoms with Crippen molar-refractivity contribution in [2.24, 2.45) is 0 Å². The first-order chi connectivity index (χ1) is 17.9. The van der Waals surface area contributed by atoms with Gasteiger partial charge in [-0.1, -0.05) is 12.1 Å². The van der Waals surface area contributed by atoms with Crippen LogP contribution in [0.1, 0.15) is 11.1 Å². The summed E-state index contributed by atoms with van der Waals surface area (Å²) < 4.78 is 54.4. The van der Waals surface area contributed by atoms with Crippen LogP contribution in [0, 0.1) is 0 Å². The molecule has 1 amide bonds. The number of ether oxygens (including phenoxy) is 5. The highest BCUT2D eigenvalue weighted by Gasteiger charge is 2.15. The first-order valence-electron chi connectivity index (χ1n) is 11.5. The van der Waals surface area contributed by atoms with Crippen LogP contribution in [0.3, 0.4) is 0 Å². The SMILES string of the molecule is COc1ccc(CCNS(=O)(=O)c2ccc(OCC(=O)NCc3ccc4c(c3)OCO4)cc2)cc1OC. The smallest absolute Gasteiger partial charge is 0.258 e. The van der Waals surface area contributed by atoms with Gasteiger partial charge in [-0.3, -0.25) is 4.79 Å². The largest absolute Gasteiger partial charge is 0.493 e. The predicted octanol–water partition coefficient (Wildman–Crippen LogP) is 2.65. The summed E-state index contributed by atoms with van der Waals surface area (Å²) in [4.78, 5) is 12.2. The van der Waals surface area contributed by atoms with Crippen LogP contribution in [0.25, 0.3) is 0 Å². The molecule has 0 saturated carbocycles. The summed E-state index contributed by atoms with van der Waals surface area (Å²) in [7, 11) is -0.609. The van der Waals surface area contributed by atoms with Crippen molar-refractivity contribution in [3.8, 4) is 28.7 Å². The van der Waals surface area contributed by atoms with Crippen LogP contribution in [0.5, 0.6) is 28.7 Å². The second kappa shape index (κ2) is 11.8. The summed E-state index contributed by atoms with van der Waals surface area (Å²) in [6.45, 7) is 0.499. The second-order valence-electron chi connectivity index (χ2n) is 8.06. The van der Waals surface area contributed by atoms with Crippen LogP contribution in [-0.2, 0) is 27.8 Å². The zero-order valence-corrected chi connectivity index (χ0v) is 21.3. The topological polar surface area (TPSA) is 121 Å². The van der Waals surface area contributed by atoms with Crippen molar-refractivity contribution in [1.29, 1.82) is 0 Å². The fourth-order valence-electron chi connectivity index (χ4n) is 3.62. The summed E-state index contributed by atoms with van der Waals surface area (Å²) in [5, 5.41) is 2.77. The zero-order valence-electron chi connectivity index (χ0n) is 20.5. The molecule has 0 fully saturated rings. The molecule has 11 heteroatoms. The number of fused-ring (bicyclic) bond motifs is 1. The average molecular weight is 529 g/mol. The highest BCUT2D eigenvalue weighted by atomic mass is 32.2. The van der Waals surface area contributed by atoms with Crippen molar-refractivity contribution in [3.05, 3.63) is 71.8 Å². The minimum absolute atomic E-state index is 0.0967. The fraction of sp³-hybridized carbons (Fsp3) is 0.269. The average Bonchev–Trinajstić information content (AvgIpc) is 3.39. The summed E-state index contributed by atoms with van der Waals surface area (Å²) >= 11 is 0. The molecule has 0 atom stereocenters. The Morgan fingerprint density at radius 2 is 1.62 bits per heavy atom. The Hall–Kier alpha value is -3.96. The number of carbonyl (C=O) groups excluding carboxylic acids is 1. The molecule has 37 heavy (non-hydrogen) atoms. The quantitative estimate of drug-likeness (QED) is 0.368. The number of benzene rings is 3. The lowest BCUT2D eigenvalue weighted by molar-refractivity contribution is -0.123. The number of sulfonamides is 1. The Morgan fingerprint density at radius 1 is 0.892 bits per heavy atom. The standard InChI is InChI=1S/C26H28N2O8S/c1-32-22-9-3-18(13-24(22)33-2)11-12-28-37(30,31)21-7-5-20(6-8-21)34-16-26(29)27-15-19-4-10-23-25(14-19)36-17-35-23/h3-10,13-14,28H,11-12,15-17H2,1-2H3,(H,27,29). The lowest BCUT2D eigenvalue weighted by Gasteiger charge is -2.11. The van der Waals surface area contributed by atoms with E-state index < -0.39 is 10.0 Å². The Bertz CT molecular complexity index is 1340. The first kappa shape index (κ1) is 26.1. The summed E-state index contributed by atoms with van der Waals surface area (Å²) in [5.41, 5.74) is 1.77. The maximum Gasteiger partial charge on any atom is 0.258 e. The van der Waals surface area contributed by atoms with Gasteiger partial charge in [-0.2, -0.15) is 0 Å². The number of amides is 1. The van der Waals surface area contributed by atoms with Gasteiger partial charge in [0.15, 0.2) is 29.6 Å². The zero-order chi connectivity index (χ0) is 26.3. The van der Waals surface area contributed by atoms with E-state index >= 15 is 0 Å². The van der Waals surface area contributed by atoms with Gasteiger partial charge in [-0.25, -0.2) is 13.1 Å². The van der Waals surface area contributed by atoms with Crippen molar-refractivity contribution >= 4 is 15.9 Å². The number of hydrogen-bond acceptors (Lipinski definition) is 8. The fourth-order valence-corrected chi connectivity index (χ4v) is 4.65. The molecule has 3 aromatic rings. The van der Waals surface area contributed by atoms with Gasteiger partial charge < -0.3 is 29.0 Å². The van der Waals surface area contributed by atoms with Gasteiger partial charge in [0, 0.05) is 13.1 Å². The van der Waals surface area contributed by atoms with E-state index in [9.17, 15) is 13.2 Å². The number of carbonyl (C=O) groups is 1. The molecule has 0 unspecified atom stereocenters. The molecule has 0 radical (unpaired) electrons. The van der Waals surface area contributed by atoms with Gasteiger partial charge in [0.2, 0.25) is 16.8 Å². The van der Waals surface area contributed by atoms with Gasteiger partial charge in [0.25, 0.3) is 5.91 Å². The molecule has 4 rings (SSSR count). The molecular formula is C26H28N2O8S. The molecule has 1 aliphatic rings. The summed E-state index contributed by atoms with van der Waals surface area (Å²) in [6.07, 6.45) is 0.474. The van der Waals surface area contributed by atoms with Gasteiger partial charge in [-0.05, 0) is 66.1 Å². The summed E-state index contributed by atoms with van der Waals surface area (Å²) in [6, 6.07) is 16.8. The minimum Gasteiger partial charge on any atom is -0.493 e. The van der Waals surface area contributed by atoms with Crippen LogP contribution in [0.4, 0.5) is 0 Å². The predicted molar refractivity (Wildman–Crippen MR) is 135 cm³/mol. The maximum absolute atomic E-state index is 12.6. The molecule has 3 aromatic carbocycles. The van der Waals surface area contributed by atoms with Crippen molar-refractivity contribution in [1.82, 2.24) is 10.0 Å². The van der Waals surface area contributed by atoms with Crippen LogP contribution in [0.2, 0.25) is 0 Å². The van der Waals surface area contributed by atoms with Gasteiger partial charge in [0.05, 0.1) is 19.1 Å². The Morgan fingerprint density at radius 3 is 2.38 bits per heavy atom. The molecule has 2 N–H and O–H groups in total. The molecule has 10 nitrogen and oxygen atoms in total. The van der Waals surface area contributed by atoms with Gasteiger partial charge >= 0.3 is 0 Å². The van der Waals surface area contributed by atoms with E-state index in [0.29, 0.717) is 41.7 Å². The number of methoxy groups -OCH3 is 2. The number of nitrogens with one attached hydrogen (secondary N) is 2. The first-order valence-corrected chi connectivity index (χ1v) is 12.9.